The smallest absolute Gasteiger partial charge is 0.203 e. The molecule has 0 heterocycles. The van der Waals surface area contributed by atoms with Gasteiger partial charge < -0.3 is 0 Å². The van der Waals surface area contributed by atoms with E-state index in [0.717, 1.165) is 0 Å². The van der Waals surface area contributed by atoms with E-state index in [4.69, 9.17) is 0 Å². The highest BCUT2D eigenvalue weighted by atomic mass is 32.2. The summed E-state index contributed by atoms with van der Waals surface area (Å²) in [6.45, 7) is 7.06. The third-order valence-electron chi connectivity index (χ3n) is 1.17. The standard InChI is InChI=1S/C6H15NO2S/c1-4-7(10(8)9)5-6(2)3/h6,10H,4-5H2,1-3H3. The summed E-state index contributed by atoms with van der Waals surface area (Å²) < 4.78 is 22.3. The molecule has 0 saturated carbocycles. The van der Waals surface area contributed by atoms with Gasteiger partial charge in [0.15, 0.2) is 0 Å². The van der Waals surface area contributed by atoms with E-state index in [1.54, 1.807) is 0 Å². The van der Waals surface area contributed by atoms with Crippen LogP contribution in [-0.4, -0.2) is 25.8 Å². The fraction of sp³-hybridized carbons (Fsp3) is 1.00. The molecule has 3 nitrogen and oxygen atoms in total. The molecule has 0 N–H and O–H groups in total. The van der Waals surface area contributed by atoms with Crippen molar-refractivity contribution in [2.75, 3.05) is 13.1 Å². The third kappa shape index (κ3) is 3.85. The minimum Gasteiger partial charge on any atom is -0.215 e. The maximum Gasteiger partial charge on any atom is 0.203 e. The van der Waals surface area contributed by atoms with Gasteiger partial charge in [-0.3, -0.25) is 0 Å². The van der Waals surface area contributed by atoms with Crippen molar-refractivity contribution in [1.29, 1.82) is 0 Å². The Morgan fingerprint density at radius 2 is 1.90 bits per heavy atom. The SMILES string of the molecule is CCN(CC(C)C)[SH](=O)=O. The molecule has 0 fully saturated rings. The first kappa shape index (κ1) is 9.91. The molecule has 0 aliphatic heterocycles. The molecule has 0 bridgehead atoms. The molecular weight excluding hydrogens is 150 g/mol. The van der Waals surface area contributed by atoms with Crippen molar-refractivity contribution < 1.29 is 8.42 Å². The Balaban J connectivity index is 3.84. The molecule has 0 aromatic rings. The van der Waals surface area contributed by atoms with Gasteiger partial charge in [0.25, 0.3) is 0 Å². The van der Waals surface area contributed by atoms with Gasteiger partial charge in [0.1, 0.15) is 0 Å². The van der Waals surface area contributed by atoms with Crippen LogP contribution < -0.4 is 0 Å². The molecule has 0 aliphatic rings. The summed E-state index contributed by atoms with van der Waals surface area (Å²) in [6.07, 6.45) is 0. The van der Waals surface area contributed by atoms with Gasteiger partial charge in [0, 0.05) is 13.1 Å². The van der Waals surface area contributed by atoms with Crippen molar-refractivity contribution in [3.05, 3.63) is 0 Å². The van der Waals surface area contributed by atoms with Crippen molar-refractivity contribution in [2.24, 2.45) is 5.92 Å². The van der Waals surface area contributed by atoms with Crippen molar-refractivity contribution in [1.82, 2.24) is 4.31 Å². The van der Waals surface area contributed by atoms with E-state index >= 15 is 0 Å². The van der Waals surface area contributed by atoms with Crippen LogP contribution in [0.3, 0.4) is 0 Å². The average molecular weight is 165 g/mol. The predicted octanol–water partition coefficient (Wildman–Crippen LogP) is 0.491. The second kappa shape index (κ2) is 4.68. The fourth-order valence-electron chi connectivity index (χ4n) is 0.733. The van der Waals surface area contributed by atoms with Crippen molar-refractivity contribution >= 4 is 10.9 Å². The average Bonchev–Trinajstić information content (AvgIpc) is 1.81. The lowest BCUT2D eigenvalue weighted by Gasteiger charge is -2.14. The van der Waals surface area contributed by atoms with Gasteiger partial charge in [-0.15, -0.1) is 0 Å². The zero-order chi connectivity index (χ0) is 8.15. The largest absolute Gasteiger partial charge is 0.215 e. The second-order valence-electron chi connectivity index (χ2n) is 2.64. The molecule has 0 spiro atoms. The monoisotopic (exact) mass is 165 g/mol. The van der Waals surface area contributed by atoms with Crippen LogP contribution in [0.15, 0.2) is 0 Å². The summed E-state index contributed by atoms with van der Waals surface area (Å²) in [5, 5.41) is 0. The van der Waals surface area contributed by atoms with E-state index < -0.39 is 10.9 Å². The Labute approximate surface area is 64.1 Å². The first-order valence-electron chi connectivity index (χ1n) is 3.47. The Morgan fingerprint density at radius 1 is 1.40 bits per heavy atom. The first-order valence-corrected chi connectivity index (χ1v) is 4.60. The minimum absolute atomic E-state index is 0.410. The molecule has 0 rings (SSSR count). The zero-order valence-corrected chi connectivity index (χ0v) is 7.60. The van der Waals surface area contributed by atoms with E-state index in [1.807, 2.05) is 20.8 Å². The summed E-state index contributed by atoms with van der Waals surface area (Å²) in [4.78, 5) is 0. The van der Waals surface area contributed by atoms with Gasteiger partial charge in [-0.2, -0.15) is 0 Å². The first-order chi connectivity index (χ1) is 4.57. The predicted molar refractivity (Wildman–Crippen MR) is 42.4 cm³/mol. The van der Waals surface area contributed by atoms with Crippen LogP contribution in [0.25, 0.3) is 0 Å². The Morgan fingerprint density at radius 3 is 2.00 bits per heavy atom. The third-order valence-corrected chi connectivity index (χ3v) is 2.08. The lowest BCUT2D eigenvalue weighted by atomic mass is 10.2. The Kier molecular flexibility index (Phi) is 4.64. The highest BCUT2D eigenvalue weighted by molar-refractivity contribution is 7.69. The van der Waals surface area contributed by atoms with Gasteiger partial charge in [0.2, 0.25) is 10.9 Å². The summed E-state index contributed by atoms with van der Waals surface area (Å²) in [5.74, 6) is 0.410. The molecule has 0 atom stereocenters. The van der Waals surface area contributed by atoms with Crippen LogP contribution >= 0.6 is 0 Å². The van der Waals surface area contributed by atoms with E-state index in [2.05, 4.69) is 0 Å². The van der Waals surface area contributed by atoms with Crippen molar-refractivity contribution in [3.8, 4) is 0 Å². The maximum absolute atomic E-state index is 10.4. The fourth-order valence-corrected chi connectivity index (χ4v) is 1.42. The Hall–Kier alpha value is -0.0900. The van der Waals surface area contributed by atoms with E-state index in [-0.39, 0.29) is 0 Å². The lowest BCUT2D eigenvalue weighted by molar-refractivity contribution is 0.392. The number of thiol groups is 1. The van der Waals surface area contributed by atoms with Crippen LogP contribution in [0.1, 0.15) is 20.8 Å². The van der Waals surface area contributed by atoms with Crippen LogP contribution in [0.5, 0.6) is 0 Å². The van der Waals surface area contributed by atoms with Gasteiger partial charge in [-0.1, -0.05) is 20.8 Å². The van der Waals surface area contributed by atoms with Crippen LogP contribution in [-0.2, 0) is 10.9 Å². The topological polar surface area (TPSA) is 37.4 Å². The van der Waals surface area contributed by atoms with Crippen molar-refractivity contribution in [3.63, 3.8) is 0 Å². The highest BCUT2D eigenvalue weighted by Gasteiger charge is 2.05. The number of rotatable bonds is 4. The van der Waals surface area contributed by atoms with Gasteiger partial charge in [-0.25, -0.2) is 12.7 Å². The number of hydrogen-bond donors (Lipinski definition) is 1. The summed E-state index contributed by atoms with van der Waals surface area (Å²) in [5.41, 5.74) is 0. The molecule has 0 unspecified atom stereocenters. The molecule has 0 aromatic heterocycles. The number of nitrogens with zero attached hydrogens (tertiary/aromatic N) is 1. The molecule has 0 radical (unpaired) electrons. The van der Waals surface area contributed by atoms with Gasteiger partial charge in [-0.05, 0) is 5.92 Å². The minimum atomic E-state index is -2.36. The molecule has 0 aliphatic carbocycles. The Bertz CT molecular complexity index is 146. The van der Waals surface area contributed by atoms with Crippen LogP contribution in [0, 0.1) is 5.92 Å². The van der Waals surface area contributed by atoms with Crippen molar-refractivity contribution in [2.45, 2.75) is 20.8 Å². The molecule has 62 valence electrons. The molecule has 0 aromatic carbocycles. The summed E-state index contributed by atoms with van der Waals surface area (Å²) in [7, 11) is -2.36. The van der Waals surface area contributed by atoms with E-state index in [0.29, 0.717) is 19.0 Å². The van der Waals surface area contributed by atoms with Gasteiger partial charge in [0.05, 0.1) is 0 Å². The van der Waals surface area contributed by atoms with Crippen LogP contribution in [0.2, 0.25) is 0 Å². The molecular formula is C6H15NO2S. The number of hydrogen-bond acceptors (Lipinski definition) is 2. The molecule has 0 amide bonds. The molecule has 4 heteroatoms. The zero-order valence-electron chi connectivity index (χ0n) is 6.70. The molecule has 0 saturated heterocycles. The lowest BCUT2D eigenvalue weighted by Crippen LogP contribution is -2.25. The van der Waals surface area contributed by atoms with Crippen LogP contribution in [0.4, 0.5) is 0 Å². The highest BCUT2D eigenvalue weighted by Crippen LogP contribution is 1.96. The second-order valence-corrected chi connectivity index (χ2v) is 3.68. The summed E-state index contributed by atoms with van der Waals surface area (Å²) >= 11 is 0. The quantitative estimate of drug-likeness (QED) is 0.616. The normalized spacial score (nSPS) is 11.8. The van der Waals surface area contributed by atoms with E-state index in [1.165, 1.54) is 4.31 Å². The maximum atomic E-state index is 10.4. The summed E-state index contributed by atoms with van der Waals surface area (Å²) in [6, 6.07) is 0. The molecule has 10 heavy (non-hydrogen) atoms. The van der Waals surface area contributed by atoms with Gasteiger partial charge >= 0.3 is 0 Å². The van der Waals surface area contributed by atoms with E-state index in [9.17, 15) is 8.42 Å².